The standard InChI is InChI=1S/C8H7F3N2O3/c1-2-16-6(14)4-3-12-7(15)13-5(4)8(9,10)11/h3-4H,2H2,1H3. The molecule has 0 radical (unpaired) electrons. The number of carbonyl (C=O) groups is 2. The monoisotopic (exact) mass is 236 g/mol. The normalized spacial score (nSPS) is 20.6. The molecule has 1 aliphatic heterocycles. The molecule has 1 rings (SSSR count). The molecule has 0 aliphatic carbocycles. The molecule has 0 bridgehead atoms. The average Bonchev–Trinajstić information content (AvgIpc) is 2.16. The lowest BCUT2D eigenvalue weighted by molar-refractivity contribution is -0.144. The fraction of sp³-hybridized carbons (Fsp3) is 0.500. The maximum Gasteiger partial charge on any atom is 0.430 e. The number of aliphatic imine (C=N–C) groups is 2. The molecule has 1 aliphatic rings. The number of rotatable bonds is 2. The van der Waals surface area contributed by atoms with Crippen molar-refractivity contribution < 1.29 is 27.5 Å². The van der Waals surface area contributed by atoms with Crippen molar-refractivity contribution in [2.45, 2.75) is 13.1 Å². The zero-order valence-corrected chi connectivity index (χ0v) is 8.11. The predicted molar refractivity (Wildman–Crippen MR) is 47.5 cm³/mol. The first-order chi connectivity index (χ1) is 7.36. The maximum absolute atomic E-state index is 12.4. The van der Waals surface area contributed by atoms with Gasteiger partial charge in [-0.3, -0.25) is 4.79 Å². The molecule has 88 valence electrons. The van der Waals surface area contributed by atoms with Crippen LogP contribution in [0, 0.1) is 5.92 Å². The lowest BCUT2D eigenvalue weighted by Crippen LogP contribution is -2.39. The molecule has 8 heteroatoms. The molecule has 0 saturated carbocycles. The average molecular weight is 236 g/mol. The third-order valence-electron chi connectivity index (χ3n) is 1.68. The molecule has 0 saturated heterocycles. The topological polar surface area (TPSA) is 68.1 Å². The van der Waals surface area contributed by atoms with Crippen LogP contribution >= 0.6 is 0 Å². The summed E-state index contributed by atoms with van der Waals surface area (Å²) in [5.41, 5.74) is -1.49. The second-order valence-electron chi connectivity index (χ2n) is 2.79. The third kappa shape index (κ3) is 2.65. The van der Waals surface area contributed by atoms with Crippen LogP contribution in [-0.4, -0.2) is 36.7 Å². The van der Waals surface area contributed by atoms with Crippen molar-refractivity contribution >= 4 is 23.9 Å². The van der Waals surface area contributed by atoms with Crippen molar-refractivity contribution in [3.05, 3.63) is 0 Å². The zero-order chi connectivity index (χ0) is 12.3. The summed E-state index contributed by atoms with van der Waals surface area (Å²) in [4.78, 5) is 27.5. The molecule has 1 atom stereocenters. The number of halogens is 3. The van der Waals surface area contributed by atoms with Crippen LogP contribution in [0.5, 0.6) is 0 Å². The van der Waals surface area contributed by atoms with Crippen molar-refractivity contribution in [2.75, 3.05) is 6.61 Å². The number of ether oxygens (including phenoxy) is 1. The zero-order valence-electron chi connectivity index (χ0n) is 8.11. The smallest absolute Gasteiger partial charge is 0.430 e. The van der Waals surface area contributed by atoms with E-state index in [9.17, 15) is 22.8 Å². The molecule has 0 aromatic heterocycles. The summed E-state index contributed by atoms with van der Waals surface area (Å²) in [5.74, 6) is -2.90. The van der Waals surface area contributed by atoms with Gasteiger partial charge in [0.15, 0.2) is 0 Å². The molecular formula is C8H7F3N2O3. The number of carbonyl (C=O) groups excluding carboxylic acids is 2. The van der Waals surface area contributed by atoms with Gasteiger partial charge in [-0.1, -0.05) is 0 Å². The SMILES string of the molecule is CCOC(=O)C1C=NC(=O)N=C1C(F)(F)F. The van der Waals surface area contributed by atoms with E-state index >= 15 is 0 Å². The van der Waals surface area contributed by atoms with Crippen LogP contribution in [0.2, 0.25) is 0 Å². The summed E-state index contributed by atoms with van der Waals surface area (Å²) < 4.78 is 41.7. The minimum absolute atomic E-state index is 0.0672. The molecule has 0 aromatic rings. The van der Waals surface area contributed by atoms with Crippen LogP contribution in [-0.2, 0) is 9.53 Å². The Morgan fingerprint density at radius 1 is 1.56 bits per heavy atom. The summed E-state index contributed by atoms with van der Waals surface area (Å²) in [7, 11) is 0. The van der Waals surface area contributed by atoms with E-state index in [1.54, 1.807) is 0 Å². The molecule has 1 heterocycles. The Balaban J connectivity index is 3.00. The Bertz CT molecular complexity index is 373. The van der Waals surface area contributed by atoms with Gasteiger partial charge >= 0.3 is 18.2 Å². The molecule has 0 spiro atoms. The quantitative estimate of drug-likeness (QED) is 0.680. The molecule has 1 unspecified atom stereocenters. The minimum atomic E-state index is -4.86. The predicted octanol–water partition coefficient (Wildman–Crippen LogP) is 1.37. The van der Waals surface area contributed by atoms with E-state index in [-0.39, 0.29) is 6.61 Å². The Labute approximate surface area is 88.0 Å². The van der Waals surface area contributed by atoms with Gasteiger partial charge in [0.2, 0.25) is 0 Å². The van der Waals surface area contributed by atoms with E-state index in [4.69, 9.17) is 0 Å². The van der Waals surface area contributed by atoms with Crippen molar-refractivity contribution in [1.29, 1.82) is 0 Å². The van der Waals surface area contributed by atoms with Gasteiger partial charge in [-0.25, -0.2) is 9.79 Å². The van der Waals surface area contributed by atoms with Crippen LogP contribution in [0.4, 0.5) is 18.0 Å². The summed E-state index contributed by atoms with van der Waals surface area (Å²) in [6.07, 6.45) is -4.27. The number of amides is 2. The number of hydrogen-bond acceptors (Lipinski definition) is 3. The van der Waals surface area contributed by atoms with E-state index in [0.717, 1.165) is 0 Å². The van der Waals surface area contributed by atoms with Crippen molar-refractivity contribution in [3.8, 4) is 0 Å². The highest BCUT2D eigenvalue weighted by molar-refractivity contribution is 6.22. The van der Waals surface area contributed by atoms with Crippen LogP contribution in [0.3, 0.4) is 0 Å². The number of esters is 1. The van der Waals surface area contributed by atoms with Crippen molar-refractivity contribution in [1.82, 2.24) is 0 Å². The van der Waals surface area contributed by atoms with Gasteiger partial charge in [0, 0.05) is 6.21 Å². The number of nitrogens with zero attached hydrogens (tertiary/aromatic N) is 2. The fourth-order valence-corrected chi connectivity index (χ4v) is 1.05. The van der Waals surface area contributed by atoms with Crippen molar-refractivity contribution in [3.63, 3.8) is 0 Å². The second kappa shape index (κ2) is 4.42. The lowest BCUT2D eigenvalue weighted by Gasteiger charge is -2.17. The van der Waals surface area contributed by atoms with Gasteiger partial charge in [0.05, 0.1) is 6.61 Å². The largest absolute Gasteiger partial charge is 0.465 e. The highest BCUT2D eigenvalue weighted by Crippen LogP contribution is 2.24. The Morgan fingerprint density at radius 3 is 2.69 bits per heavy atom. The molecule has 16 heavy (non-hydrogen) atoms. The Kier molecular flexibility index (Phi) is 3.41. The maximum atomic E-state index is 12.4. The van der Waals surface area contributed by atoms with E-state index in [0.29, 0.717) is 6.21 Å². The summed E-state index contributed by atoms with van der Waals surface area (Å²) in [6, 6.07) is -1.28. The van der Waals surface area contributed by atoms with Gasteiger partial charge in [0.25, 0.3) is 0 Å². The molecular weight excluding hydrogens is 229 g/mol. The first-order valence-electron chi connectivity index (χ1n) is 4.26. The number of alkyl halides is 3. The van der Waals surface area contributed by atoms with E-state index in [2.05, 4.69) is 14.7 Å². The first-order valence-corrected chi connectivity index (χ1v) is 4.26. The summed E-state index contributed by atoms with van der Waals surface area (Å²) in [6.45, 7) is 1.38. The van der Waals surface area contributed by atoms with Crippen LogP contribution < -0.4 is 0 Å². The van der Waals surface area contributed by atoms with Gasteiger partial charge in [0.1, 0.15) is 11.6 Å². The highest BCUT2D eigenvalue weighted by Gasteiger charge is 2.45. The van der Waals surface area contributed by atoms with Gasteiger partial charge in [-0.05, 0) is 6.92 Å². The van der Waals surface area contributed by atoms with Crippen molar-refractivity contribution in [2.24, 2.45) is 15.9 Å². The molecule has 0 aromatic carbocycles. The fourth-order valence-electron chi connectivity index (χ4n) is 1.05. The Hall–Kier alpha value is -1.73. The number of hydrogen-bond donors (Lipinski definition) is 0. The van der Waals surface area contributed by atoms with Gasteiger partial charge in [-0.15, -0.1) is 0 Å². The third-order valence-corrected chi connectivity index (χ3v) is 1.68. The van der Waals surface area contributed by atoms with E-state index in [1.807, 2.05) is 0 Å². The van der Waals surface area contributed by atoms with Gasteiger partial charge < -0.3 is 4.74 Å². The first kappa shape index (κ1) is 12.3. The molecule has 0 N–H and O–H groups in total. The molecule has 0 fully saturated rings. The molecule has 5 nitrogen and oxygen atoms in total. The number of urea groups is 1. The van der Waals surface area contributed by atoms with E-state index in [1.165, 1.54) is 6.92 Å². The van der Waals surface area contributed by atoms with Crippen LogP contribution in [0.25, 0.3) is 0 Å². The van der Waals surface area contributed by atoms with Gasteiger partial charge in [-0.2, -0.15) is 18.2 Å². The Morgan fingerprint density at radius 2 is 2.19 bits per heavy atom. The second-order valence-corrected chi connectivity index (χ2v) is 2.79. The summed E-state index contributed by atoms with van der Waals surface area (Å²) in [5, 5.41) is 0. The summed E-state index contributed by atoms with van der Waals surface area (Å²) >= 11 is 0. The van der Waals surface area contributed by atoms with Crippen LogP contribution in [0.1, 0.15) is 6.92 Å². The lowest BCUT2D eigenvalue weighted by atomic mass is 10.0. The minimum Gasteiger partial charge on any atom is -0.465 e. The van der Waals surface area contributed by atoms with E-state index < -0.39 is 29.8 Å². The van der Waals surface area contributed by atoms with Crippen LogP contribution in [0.15, 0.2) is 9.98 Å². The highest BCUT2D eigenvalue weighted by atomic mass is 19.4. The molecule has 2 amide bonds.